The minimum Gasteiger partial charge on any atom is -0.613 e. The molecule has 4 aliphatic rings. The molecule has 3 N–H and O–H groups in total. The number of nitrogens with one attached hydrogen (secondary N) is 1. The fourth-order valence-corrected chi connectivity index (χ4v) is 4.41. The van der Waals surface area contributed by atoms with E-state index in [2.05, 4.69) is 0 Å². The fourth-order valence-electron chi connectivity index (χ4n) is 4.41. The van der Waals surface area contributed by atoms with Gasteiger partial charge in [0.1, 0.15) is 5.54 Å². The Kier molecular flexibility index (Phi) is 1.56. The van der Waals surface area contributed by atoms with Crippen LogP contribution in [0.15, 0.2) is 0 Å². The molecule has 4 saturated carbocycles. The minimum absolute atomic E-state index is 0.00778. The largest absolute Gasteiger partial charge is 0.613 e. The third-order valence-corrected chi connectivity index (χ3v) is 4.56. The van der Waals surface area contributed by atoms with Crippen molar-refractivity contribution < 1.29 is 5.17 Å². The normalized spacial score (nSPS) is 55.4. The van der Waals surface area contributed by atoms with E-state index in [4.69, 9.17) is 5.84 Å². The minimum atomic E-state index is -0.0608. The van der Waals surface area contributed by atoms with Crippen molar-refractivity contribution in [3.8, 4) is 0 Å². The average Bonchev–Trinajstić information content (AvgIpc) is 2.00. The molecule has 0 amide bonds. The summed E-state index contributed by atoms with van der Waals surface area (Å²) in [6.45, 7) is 0. The number of hydrogen-bond donors (Lipinski definition) is 2. The lowest BCUT2D eigenvalue weighted by Crippen LogP contribution is -3.22. The maximum Gasteiger partial charge on any atom is 0.115 e. The van der Waals surface area contributed by atoms with Crippen molar-refractivity contribution in [2.45, 2.75) is 44.1 Å². The summed E-state index contributed by atoms with van der Waals surface area (Å²) < 4.78 is 0. The smallest absolute Gasteiger partial charge is 0.115 e. The van der Waals surface area contributed by atoms with Gasteiger partial charge in [-0.1, -0.05) is 0 Å². The standard InChI is InChI=1S/C10H18N2O/c11-12(13)10-4-7-1-8(5-10)3-9(2-7)6-10/h7-9,12H,1-6,11H2. The second-order valence-electron chi connectivity index (χ2n) is 5.56. The van der Waals surface area contributed by atoms with Crippen molar-refractivity contribution in [3.05, 3.63) is 5.21 Å². The Morgan fingerprint density at radius 1 is 1.00 bits per heavy atom. The number of quaternary nitrogens is 1. The molecule has 13 heavy (non-hydrogen) atoms. The lowest BCUT2D eigenvalue weighted by atomic mass is 9.53. The summed E-state index contributed by atoms with van der Waals surface area (Å²) in [5.74, 6) is 8.05. The predicted molar refractivity (Wildman–Crippen MR) is 49.4 cm³/mol. The zero-order chi connectivity index (χ0) is 9.05. The topological polar surface area (TPSA) is 53.5 Å². The fraction of sp³-hybridized carbons (Fsp3) is 1.00. The second-order valence-corrected chi connectivity index (χ2v) is 5.56. The van der Waals surface area contributed by atoms with Crippen LogP contribution in [0.1, 0.15) is 38.5 Å². The Hall–Kier alpha value is -0.120. The maximum absolute atomic E-state index is 11.5. The van der Waals surface area contributed by atoms with Gasteiger partial charge in [0.05, 0.1) is 0 Å². The molecular formula is C10H18N2O. The highest BCUT2D eigenvalue weighted by atomic mass is 16.5. The molecule has 0 aliphatic heterocycles. The van der Waals surface area contributed by atoms with E-state index in [1.54, 1.807) is 0 Å². The first-order chi connectivity index (χ1) is 6.18. The van der Waals surface area contributed by atoms with Crippen molar-refractivity contribution in [3.63, 3.8) is 0 Å². The van der Waals surface area contributed by atoms with Crippen molar-refractivity contribution in [1.29, 1.82) is 0 Å². The van der Waals surface area contributed by atoms with Gasteiger partial charge in [0, 0.05) is 19.3 Å². The third-order valence-electron chi connectivity index (χ3n) is 4.56. The van der Waals surface area contributed by atoms with Crippen molar-refractivity contribution >= 4 is 0 Å². The third kappa shape index (κ3) is 1.07. The van der Waals surface area contributed by atoms with Crippen LogP contribution in [0.5, 0.6) is 0 Å². The lowest BCUT2D eigenvalue weighted by molar-refractivity contribution is -0.924. The molecule has 0 aromatic carbocycles. The highest BCUT2D eigenvalue weighted by Gasteiger charge is 2.54. The summed E-state index contributed by atoms with van der Waals surface area (Å²) in [5, 5.41) is 11.5. The SMILES string of the molecule is N[NH+]([O-])C12CC3CC(CC(C3)C1)C2. The van der Waals surface area contributed by atoms with Gasteiger partial charge in [-0.25, -0.2) is 0 Å². The van der Waals surface area contributed by atoms with Crippen LogP contribution in [0.25, 0.3) is 0 Å². The molecule has 74 valence electrons. The van der Waals surface area contributed by atoms with E-state index in [9.17, 15) is 5.21 Å². The van der Waals surface area contributed by atoms with E-state index in [0.717, 1.165) is 37.0 Å². The average molecular weight is 182 g/mol. The summed E-state index contributed by atoms with van der Waals surface area (Å²) in [4.78, 5) is 0. The van der Waals surface area contributed by atoms with Gasteiger partial charge in [0.15, 0.2) is 0 Å². The quantitative estimate of drug-likeness (QED) is 0.450. The molecule has 0 saturated heterocycles. The molecule has 1 unspecified atom stereocenters. The second kappa shape index (κ2) is 2.47. The van der Waals surface area contributed by atoms with Crippen molar-refractivity contribution in [1.82, 2.24) is 0 Å². The van der Waals surface area contributed by atoms with Crippen LogP contribution in [0.3, 0.4) is 0 Å². The van der Waals surface area contributed by atoms with Crippen LogP contribution < -0.4 is 11.0 Å². The van der Waals surface area contributed by atoms with E-state index < -0.39 is 0 Å². The van der Waals surface area contributed by atoms with Crippen LogP contribution in [0.2, 0.25) is 0 Å². The summed E-state index contributed by atoms with van der Waals surface area (Å²) in [7, 11) is 0. The molecule has 0 heterocycles. The number of nitrogens with two attached hydrogens (primary N) is 1. The molecule has 4 fully saturated rings. The van der Waals surface area contributed by atoms with Gasteiger partial charge in [-0.2, -0.15) is 5.84 Å². The molecule has 0 aromatic rings. The highest BCUT2D eigenvalue weighted by molar-refractivity contribution is 5.01. The van der Waals surface area contributed by atoms with Crippen LogP contribution in [0.4, 0.5) is 0 Å². The summed E-state index contributed by atoms with van der Waals surface area (Å²) in [6, 6.07) is 0. The maximum atomic E-state index is 11.5. The van der Waals surface area contributed by atoms with E-state index >= 15 is 0 Å². The van der Waals surface area contributed by atoms with Gasteiger partial charge in [-0.05, 0) is 37.0 Å². The van der Waals surface area contributed by atoms with Crippen molar-refractivity contribution in [2.24, 2.45) is 23.6 Å². The summed E-state index contributed by atoms with van der Waals surface area (Å²) in [6.07, 6.45) is 7.46. The molecule has 0 spiro atoms. The van der Waals surface area contributed by atoms with Crippen molar-refractivity contribution in [2.75, 3.05) is 0 Å². The van der Waals surface area contributed by atoms with Crippen LogP contribution in [-0.4, -0.2) is 5.54 Å². The summed E-state index contributed by atoms with van der Waals surface area (Å²) in [5.41, 5.74) is -0.0608. The number of hydroxylamine groups is 1. The molecule has 1 atom stereocenters. The lowest BCUT2D eigenvalue weighted by Gasteiger charge is -2.57. The zero-order valence-corrected chi connectivity index (χ0v) is 7.96. The number of rotatable bonds is 1. The van der Waals surface area contributed by atoms with Crippen LogP contribution in [-0.2, 0) is 0 Å². The molecule has 4 rings (SSSR count). The van der Waals surface area contributed by atoms with Gasteiger partial charge < -0.3 is 5.21 Å². The van der Waals surface area contributed by atoms with Gasteiger partial charge in [-0.15, -0.1) is 0 Å². The Balaban J connectivity index is 1.91. The van der Waals surface area contributed by atoms with E-state index in [-0.39, 0.29) is 10.7 Å². The van der Waals surface area contributed by atoms with Gasteiger partial charge >= 0.3 is 0 Å². The van der Waals surface area contributed by atoms with E-state index in [0.29, 0.717) is 0 Å². The van der Waals surface area contributed by atoms with Gasteiger partial charge in [0.25, 0.3) is 0 Å². The van der Waals surface area contributed by atoms with Crippen LogP contribution in [0, 0.1) is 23.0 Å². The molecular weight excluding hydrogens is 164 g/mol. The highest BCUT2D eigenvalue weighted by Crippen LogP contribution is 2.54. The molecule has 3 nitrogen and oxygen atoms in total. The Bertz CT molecular complexity index is 192. The molecule has 0 radical (unpaired) electrons. The zero-order valence-electron chi connectivity index (χ0n) is 7.96. The Labute approximate surface area is 78.8 Å². The van der Waals surface area contributed by atoms with E-state index in [1.165, 1.54) is 19.3 Å². The van der Waals surface area contributed by atoms with E-state index in [1.807, 2.05) is 0 Å². The first kappa shape index (κ1) is 8.21. The Morgan fingerprint density at radius 3 is 1.69 bits per heavy atom. The predicted octanol–water partition coefficient (Wildman–Crippen LogP) is 0.212. The molecule has 4 bridgehead atoms. The molecule has 4 aliphatic carbocycles. The monoisotopic (exact) mass is 182 g/mol. The van der Waals surface area contributed by atoms with Crippen LogP contribution >= 0.6 is 0 Å². The van der Waals surface area contributed by atoms with Gasteiger partial charge in [0.2, 0.25) is 0 Å². The first-order valence-electron chi connectivity index (χ1n) is 5.48. The first-order valence-corrected chi connectivity index (χ1v) is 5.48. The number of hydrogen-bond acceptors (Lipinski definition) is 2. The summed E-state index contributed by atoms with van der Waals surface area (Å²) >= 11 is 0. The molecule has 0 aromatic heterocycles. The molecule has 3 heteroatoms. The Morgan fingerprint density at radius 2 is 1.38 bits per heavy atom. The van der Waals surface area contributed by atoms with Gasteiger partial charge in [-0.3, -0.25) is 5.17 Å².